The first-order valence-corrected chi connectivity index (χ1v) is 15.9. The minimum Gasteiger partial charge on any atom is -0.872 e. The third kappa shape index (κ3) is 9.96. The van der Waals surface area contributed by atoms with Gasteiger partial charge in [0, 0.05) is 34.8 Å². The standard InChI is InChI=1S/C36H30N2O13S.2K/c39-18-4-1-16(2-5-18)11-27(34(47)48)50-35-32(44)31(43)30(42)28(51-35)15-37-36(52)38-17-3-8-21(24(12-17)33(45)46)29-22-9-6-19(40)13-25(22)49-26-14-20(41)7-10-23(26)29;;/h1-14,28,30-32,35,39-40,42-44H,15H2,(H,45,46)(H,47,48)(H2,37,38,52);;/q;2*+1/p-2/b27-11+;;/t28-,30+,31+,32-,35-;;/m1../s1. The molecule has 0 aromatic heterocycles. The molecule has 3 aromatic carbocycles. The van der Waals surface area contributed by atoms with E-state index in [0.29, 0.717) is 22.1 Å². The van der Waals surface area contributed by atoms with Crippen molar-refractivity contribution in [1.82, 2.24) is 5.32 Å². The van der Waals surface area contributed by atoms with Gasteiger partial charge in [-0.1, -0.05) is 42.5 Å². The Hall–Kier alpha value is -2.77. The largest absolute Gasteiger partial charge is 1.00 e. The van der Waals surface area contributed by atoms with Gasteiger partial charge in [0.05, 0.1) is 5.56 Å². The summed E-state index contributed by atoms with van der Waals surface area (Å²) in [4.78, 5) is 36.5. The maximum absolute atomic E-state index is 12.6. The Labute approximate surface area is 396 Å². The van der Waals surface area contributed by atoms with E-state index in [4.69, 9.17) is 26.1 Å². The van der Waals surface area contributed by atoms with Crippen molar-refractivity contribution in [1.29, 1.82) is 0 Å². The smallest absolute Gasteiger partial charge is 0.872 e. The van der Waals surface area contributed by atoms with Crippen LogP contribution in [0.15, 0.2) is 93.8 Å². The molecule has 0 bridgehead atoms. The molecule has 3 aliphatic rings. The van der Waals surface area contributed by atoms with E-state index in [1.54, 1.807) is 6.07 Å². The number of rotatable bonds is 9. The Kier molecular flexibility index (Phi) is 15.4. The molecule has 1 saturated heterocycles. The molecule has 5 atom stereocenters. The zero-order valence-electron chi connectivity index (χ0n) is 28.6. The van der Waals surface area contributed by atoms with E-state index in [-0.39, 0.29) is 160 Å². The summed E-state index contributed by atoms with van der Waals surface area (Å²) >= 11 is 5.37. The molecule has 0 radical (unpaired) electrons. The van der Waals surface area contributed by atoms with Crippen LogP contribution in [0.5, 0.6) is 11.5 Å². The van der Waals surface area contributed by atoms with E-state index < -0.39 is 48.4 Å². The third-order valence-electron chi connectivity index (χ3n) is 8.21. The number of carboxylic acids is 2. The van der Waals surface area contributed by atoms with Crippen molar-refractivity contribution in [2.24, 2.45) is 0 Å². The average molecular weight is 807 g/mol. The minimum absolute atomic E-state index is 0. The number of carboxylic acid groups (broad SMARTS) is 2. The van der Waals surface area contributed by atoms with Gasteiger partial charge in [0.1, 0.15) is 35.8 Å². The number of thiocarbonyl (C=S) groups is 1. The summed E-state index contributed by atoms with van der Waals surface area (Å²) in [5.74, 6) is -3.99. The van der Waals surface area contributed by atoms with Gasteiger partial charge in [-0.05, 0) is 59.8 Å². The fourth-order valence-corrected chi connectivity index (χ4v) is 5.90. The van der Waals surface area contributed by atoms with Crippen LogP contribution in [0.25, 0.3) is 39.5 Å². The number of aliphatic hydroxyl groups is 3. The van der Waals surface area contributed by atoms with E-state index in [1.807, 2.05) is 0 Å². The first kappa shape index (κ1) is 44.0. The predicted octanol–water partition coefficient (Wildman–Crippen LogP) is -4.35. The number of carbonyl (C=O) groups is 2. The van der Waals surface area contributed by atoms with Crippen LogP contribution in [0.1, 0.15) is 15.9 Å². The van der Waals surface area contributed by atoms with Gasteiger partial charge in [0.15, 0.2) is 10.5 Å². The quantitative estimate of drug-likeness (QED) is 0.0244. The number of fused-ring (bicyclic) bond motifs is 2. The van der Waals surface area contributed by atoms with Crippen LogP contribution in [0.4, 0.5) is 5.69 Å². The fourth-order valence-electron chi connectivity index (χ4n) is 5.70. The van der Waals surface area contributed by atoms with Crippen molar-refractivity contribution < 1.29 is 162 Å². The first-order valence-electron chi connectivity index (χ1n) is 15.5. The number of nitrogens with one attached hydrogen (secondary N) is 2. The van der Waals surface area contributed by atoms with Gasteiger partial charge in [-0.15, -0.1) is 11.5 Å². The number of aromatic carboxylic acids is 1. The molecule has 0 spiro atoms. The number of hydrogen-bond acceptors (Lipinski definition) is 12. The van der Waals surface area contributed by atoms with Crippen LogP contribution in [0.2, 0.25) is 0 Å². The Morgan fingerprint density at radius 3 is 2.22 bits per heavy atom. The molecule has 54 heavy (non-hydrogen) atoms. The Bertz CT molecular complexity index is 2250. The molecule has 6 rings (SSSR count). The van der Waals surface area contributed by atoms with E-state index in [2.05, 4.69) is 10.6 Å². The second-order valence-corrected chi connectivity index (χ2v) is 12.1. The molecule has 268 valence electrons. The van der Waals surface area contributed by atoms with Gasteiger partial charge in [-0.25, -0.2) is 9.59 Å². The molecule has 0 amide bonds. The van der Waals surface area contributed by atoms with Gasteiger partial charge < -0.3 is 60.3 Å². The zero-order chi connectivity index (χ0) is 37.3. The van der Waals surface area contributed by atoms with Crippen molar-refractivity contribution >= 4 is 52.0 Å². The van der Waals surface area contributed by atoms with Crippen LogP contribution >= 0.6 is 12.2 Å². The molecule has 1 fully saturated rings. The van der Waals surface area contributed by atoms with E-state index in [9.17, 15) is 50.1 Å². The van der Waals surface area contributed by atoms with Crippen LogP contribution < -0.4 is 129 Å². The average Bonchev–Trinajstić information content (AvgIpc) is 3.10. The van der Waals surface area contributed by atoms with Crippen molar-refractivity contribution in [3.8, 4) is 33.9 Å². The maximum atomic E-state index is 12.6. The Balaban J connectivity index is 0.00000325. The monoisotopic (exact) mass is 806 g/mol. The number of anilines is 1. The van der Waals surface area contributed by atoms with Crippen molar-refractivity contribution in [2.45, 2.75) is 30.7 Å². The second-order valence-electron chi connectivity index (χ2n) is 11.7. The molecule has 18 heteroatoms. The fraction of sp³-hybridized carbons (Fsp3) is 0.167. The van der Waals surface area contributed by atoms with Gasteiger partial charge >= 0.3 is 115 Å². The summed E-state index contributed by atoms with van der Waals surface area (Å²) in [6.45, 7) is -0.285. The molecule has 2 heterocycles. The molecule has 2 aliphatic heterocycles. The van der Waals surface area contributed by atoms with E-state index >= 15 is 0 Å². The summed E-state index contributed by atoms with van der Waals surface area (Å²) in [5.41, 5.74) is 1.31. The van der Waals surface area contributed by atoms with Crippen molar-refractivity contribution in [3.05, 3.63) is 106 Å². The van der Waals surface area contributed by atoms with Crippen LogP contribution in [0, 0.1) is 0 Å². The number of aliphatic carboxylic acids is 1. The van der Waals surface area contributed by atoms with Crippen LogP contribution in [-0.2, 0) is 14.3 Å². The second kappa shape index (κ2) is 18.9. The Morgan fingerprint density at radius 2 is 1.54 bits per heavy atom. The first-order chi connectivity index (χ1) is 24.8. The molecule has 3 aromatic rings. The third-order valence-corrected chi connectivity index (χ3v) is 8.45. The zero-order valence-corrected chi connectivity index (χ0v) is 35.6. The number of aliphatic hydroxyl groups excluding tert-OH is 3. The molecule has 7 N–H and O–H groups in total. The van der Waals surface area contributed by atoms with E-state index in [0.717, 1.165) is 6.08 Å². The van der Waals surface area contributed by atoms with Gasteiger partial charge in [0.25, 0.3) is 0 Å². The van der Waals surface area contributed by atoms with Gasteiger partial charge in [-0.3, -0.25) is 4.79 Å². The number of ether oxygens (including phenoxy) is 2. The molecule has 0 unspecified atom stereocenters. The van der Waals surface area contributed by atoms with Crippen molar-refractivity contribution in [2.75, 3.05) is 11.9 Å². The minimum atomic E-state index is -1.85. The van der Waals surface area contributed by atoms with Gasteiger partial charge in [-0.2, -0.15) is 0 Å². The predicted molar refractivity (Wildman–Crippen MR) is 184 cm³/mol. The Morgan fingerprint density at radius 1 is 0.852 bits per heavy atom. The topological polar surface area (TPSA) is 254 Å². The summed E-state index contributed by atoms with van der Waals surface area (Å²) in [6.07, 6.45) is -7.27. The molecular formula is C36H28K2N2O13S. The van der Waals surface area contributed by atoms with E-state index in [1.165, 1.54) is 72.8 Å². The molecule has 15 nitrogen and oxygen atoms in total. The normalized spacial score (nSPS) is 19.6. The molecule has 1 aliphatic carbocycles. The molecular weight excluding hydrogens is 779 g/mol. The number of hydrogen-bond donors (Lipinski definition) is 7. The summed E-state index contributed by atoms with van der Waals surface area (Å²) < 4.78 is 16.8. The molecule has 0 saturated carbocycles. The van der Waals surface area contributed by atoms with Gasteiger partial charge in [0.2, 0.25) is 12.0 Å². The van der Waals surface area contributed by atoms with Crippen LogP contribution in [-0.4, -0.2) is 79.8 Å². The number of benzene rings is 4. The SMILES string of the molecule is O=C(O)/C(=C\c1ccc([O-])cc1)O[C@@H]1O[C@H](CNC(=S)Nc2ccc(-c3c4ccc(=O)cc-4oc4cc([O-])ccc34)c(C(=O)O)c2)[C@H](O)[C@H](O)[C@H]1O.[K+].[K+]. The summed E-state index contributed by atoms with van der Waals surface area (Å²) in [7, 11) is 0. The summed E-state index contributed by atoms with van der Waals surface area (Å²) in [6, 6.07) is 17.7. The van der Waals surface area contributed by atoms with Crippen LogP contribution in [0.3, 0.4) is 0 Å². The summed E-state index contributed by atoms with van der Waals surface area (Å²) in [5, 5.41) is 80.9. The maximum Gasteiger partial charge on any atom is 1.00 e. The van der Waals surface area contributed by atoms with Crippen molar-refractivity contribution in [3.63, 3.8) is 0 Å².